The van der Waals surface area contributed by atoms with Crippen LogP contribution in [0.25, 0.3) is 0 Å². The summed E-state index contributed by atoms with van der Waals surface area (Å²) in [5, 5.41) is 0. The molecule has 0 N–H and O–H groups in total. The zero-order valence-electron chi connectivity index (χ0n) is 7.34. The SMILES string of the molecule is S=C(S)N1CCCC1.[Ca+2].[H-].[H-]. The molecule has 0 spiro atoms. The predicted octanol–water partition coefficient (Wildman–Crippen LogP) is 1.14. The van der Waals surface area contributed by atoms with Crippen molar-refractivity contribution in [2.24, 2.45) is 0 Å². The molecule has 0 aliphatic carbocycles. The van der Waals surface area contributed by atoms with Gasteiger partial charge in [0.25, 0.3) is 0 Å². The molecule has 1 nitrogen and oxygen atoms in total. The molecule has 50 valence electrons. The van der Waals surface area contributed by atoms with Crippen molar-refractivity contribution in [3.8, 4) is 0 Å². The van der Waals surface area contributed by atoms with Crippen LogP contribution >= 0.6 is 24.8 Å². The third-order valence-corrected chi connectivity index (χ3v) is 1.92. The summed E-state index contributed by atoms with van der Waals surface area (Å²) in [6.07, 6.45) is 2.56. The van der Waals surface area contributed by atoms with Crippen LogP contribution in [0.5, 0.6) is 0 Å². The molecule has 0 aromatic rings. The van der Waals surface area contributed by atoms with Crippen LogP contribution in [-0.4, -0.2) is 60.0 Å². The first-order valence-electron chi connectivity index (χ1n) is 2.78. The number of thiocarbonyl (C=S) groups is 1. The molecule has 0 radical (unpaired) electrons. The van der Waals surface area contributed by atoms with Crippen LogP contribution in [0.1, 0.15) is 15.7 Å². The second-order valence-corrected chi connectivity index (χ2v) is 3.09. The first kappa shape index (κ1) is 10.5. The minimum atomic E-state index is 0. The minimum absolute atomic E-state index is 0. The Bertz CT molecular complexity index is 109. The van der Waals surface area contributed by atoms with Crippen LogP contribution in [-0.2, 0) is 0 Å². The number of likely N-dealkylation sites (tertiary alicyclic amines) is 1. The Hall–Kier alpha value is 1.50. The van der Waals surface area contributed by atoms with Gasteiger partial charge in [-0.3, -0.25) is 0 Å². The molecule has 0 amide bonds. The molecule has 0 atom stereocenters. The molecule has 4 heteroatoms. The maximum absolute atomic E-state index is 4.85. The van der Waals surface area contributed by atoms with E-state index in [-0.39, 0.29) is 40.6 Å². The first-order valence-corrected chi connectivity index (χ1v) is 3.64. The Morgan fingerprint density at radius 1 is 1.44 bits per heavy atom. The van der Waals surface area contributed by atoms with Crippen molar-refractivity contribution >= 4 is 66.9 Å². The molecule has 0 aromatic carbocycles. The summed E-state index contributed by atoms with van der Waals surface area (Å²) in [6, 6.07) is 0. The molecule has 1 saturated heterocycles. The van der Waals surface area contributed by atoms with Crippen LogP contribution in [0.2, 0.25) is 0 Å². The molecule has 0 bridgehead atoms. The molecule has 0 aromatic heterocycles. The van der Waals surface area contributed by atoms with Crippen molar-refractivity contribution < 1.29 is 2.85 Å². The van der Waals surface area contributed by atoms with E-state index < -0.39 is 0 Å². The van der Waals surface area contributed by atoms with E-state index in [0.717, 1.165) is 17.4 Å². The Kier molecular flexibility index (Phi) is 6.05. The van der Waals surface area contributed by atoms with E-state index in [1.165, 1.54) is 12.8 Å². The zero-order chi connectivity index (χ0) is 5.98. The van der Waals surface area contributed by atoms with Gasteiger partial charge in [-0.1, -0.05) is 12.2 Å². The summed E-state index contributed by atoms with van der Waals surface area (Å²) in [5.74, 6) is 0. The van der Waals surface area contributed by atoms with Gasteiger partial charge < -0.3 is 7.75 Å². The first-order chi connectivity index (χ1) is 3.80. The predicted molar refractivity (Wildman–Crippen MR) is 50.4 cm³/mol. The van der Waals surface area contributed by atoms with Crippen molar-refractivity contribution in [2.45, 2.75) is 12.8 Å². The number of nitrogens with zero attached hydrogens (tertiary/aromatic N) is 1. The normalized spacial score (nSPS) is 17.2. The standard InChI is InChI=1S/C5H9NS2.Ca.2H/c7-5(8)6-3-1-2-4-6;;;/h1-4H2,(H,7,8);;;/q;+2;2*-1. The van der Waals surface area contributed by atoms with Gasteiger partial charge in [0, 0.05) is 13.1 Å². The summed E-state index contributed by atoms with van der Waals surface area (Å²) in [4.78, 5) is 2.12. The average molecular weight is 189 g/mol. The fraction of sp³-hybridized carbons (Fsp3) is 0.800. The van der Waals surface area contributed by atoms with Crippen LogP contribution in [0.4, 0.5) is 0 Å². The smallest absolute Gasteiger partial charge is 1.00 e. The third-order valence-electron chi connectivity index (χ3n) is 1.38. The van der Waals surface area contributed by atoms with Gasteiger partial charge in [-0.2, -0.15) is 0 Å². The number of rotatable bonds is 0. The van der Waals surface area contributed by atoms with E-state index >= 15 is 0 Å². The van der Waals surface area contributed by atoms with Crippen molar-refractivity contribution in [2.75, 3.05) is 13.1 Å². The fourth-order valence-corrected chi connectivity index (χ4v) is 1.29. The Morgan fingerprint density at radius 3 is 2.11 bits per heavy atom. The summed E-state index contributed by atoms with van der Waals surface area (Å²) in [6.45, 7) is 2.23. The van der Waals surface area contributed by atoms with Gasteiger partial charge in [-0.25, -0.2) is 0 Å². The molecule has 1 aliphatic rings. The van der Waals surface area contributed by atoms with E-state index in [1.54, 1.807) is 0 Å². The molecule has 0 unspecified atom stereocenters. The second kappa shape index (κ2) is 5.19. The Balaban J connectivity index is -0.000000213. The van der Waals surface area contributed by atoms with Crippen molar-refractivity contribution in [1.82, 2.24) is 4.90 Å². The Labute approximate surface area is 99.6 Å². The number of hydrogen-bond donors (Lipinski definition) is 1. The van der Waals surface area contributed by atoms with Crippen LogP contribution < -0.4 is 0 Å². The van der Waals surface area contributed by atoms with Crippen LogP contribution in [0, 0.1) is 0 Å². The quantitative estimate of drug-likeness (QED) is 0.346. The molecule has 1 heterocycles. The summed E-state index contributed by atoms with van der Waals surface area (Å²) < 4.78 is 0.752. The molecule has 1 rings (SSSR count). The number of hydrogen-bond acceptors (Lipinski definition) is 1. The van der Waals surface area contributed by atoms with E-state index in [4.69, 9.17) is 12.2 Å². The van der Waals surface area contributed by atoms with E-state index in [2.05, 4.69) is 17.5 Å². The third kappa shape index (κ3) is 3.42. The van der Waals surface area contributed by atoms with Crippen molar-refractivity contribution in [3.63, 3.8) is 0 Å². The van der Waals surface area contributed by atoms with Crippen molar-refractivity contribution in [1.29, 1.82) is 0 Å². The molecular formula is C5H11CaNS2. The summed E-state index contributed by atoms with van der Waals surface area (Å²) >= 11 is 8.90. The van der Waals surface area contributed by atoms with Gasteiger partial charge in [0.05, 0.1) is 0 Å². The van der Waals surface area contributed by atoms with Crippen LogP contribution in [0.15, 0.2) is 0 Å². The van der Waals surface area contributed by atoms with Gasteiger partial charge in [0.1, 0.15) is 4.32 Å². The monoisotopic (exact) mass is 189 g/mol. The average Bonchev–Trinajstić information content (AvgIpc) is 2.12. The summed E-state index contributed by atoms with van der Waals surface area (Å²) in [7, 11) is 0. The fourth-order valence-electron chi connectivity index (χ4n) is 0.908. The van der Waals surface area contributed by atoms with E-state index in [1.807, 2.05) is 0 Å². The van der Waals surface area contributed by atoms with Crippen molar-refractivity contribution in [3.05, 3.63) is 0 Å². The maximum atomic E-state index is 4.85. The zero-order valence-corrected chi connectivity index (χ0v) is 9.26. The minimum Gasteiger partial charge on any atom is -1.00 e. The van der Waals surface area contributed by atoms with Gasteiger partial charge in [-0.05, 0) is 12.8 Å². The molecule has 1 aliphatic heterocycles. The van der Waals surface area contributed by atoms with Gasteiger partial charge in [0.15, 0.2) is 0 Å². The largest absolute Gasteiger partial charge is 2.00 e. The summed E-state index contributed by atoms with van der Waals surface area (Å²) in [5.41, 5.74) is 0. The topological polar surface area (TPSA) is 3.24 Å². The molecular weight excluding hydrogens is 178 g/mol. The van der Waals surface area contributed by atoms with Crippen LogP contribution in [0.3, 0.4) is 0 Å². The second-order valence-electron chi connectivity index (χ2n) is 1.98. The maximum Gasteiger partial charge on any atom is 2.00 e. The molecule has 9 heavy (non-hydrogen) atoms. The Morgan fingerprint density at radius 2 is 1.89 bits per heavy atom. The van der Waals surface area contributed by atoms with E-state index in [9.17, 15) is 0 Å². The molecule has 0 saturated carbocycles. The van der Waals surface area contributed by atoms with Gasteiger partial charge in [-0.15, -0.1) is 12.6 Å². The van der Waals surface area contributed by atoms with E-state index in [0.29, 0.717) is 0 Å². The number of thiol groups is 1. The van der Waals surface area contributed by atoms with Gasteiger partial charge >= 0.3 is 37.7 Å². The van der Waals surface area contributed by atoms with Gasteiger partial charge in [0.2, 0.25) is 0 Å². The molecule has 1 fully saturated rings.